The number of rotatable bonds is 7. The van der Waals surface area contributed by atoms with Crippen molar-refractivity contribution < 1.29 is 9.84 Å². The first-order chi connectivity index (χ1) is 7.80. The molecule has 0 spiro atoms. The van der Waals surface area contributed by atoms with E-state index in [4.69, 9.17) is 9.84 Å². The number of aromatic nitrogens is 1. The Hall–Kier alpha value is -1.33. The molecule has 0 bridgehead atoms. The summed E-state index contributed by atoms with van der Waals surface area (Å²) in [5, 5.41) is 15.2. The summed E-state index contributed by atoms with van der Waals surface area (Å²) < 4.78 is 5.08. The Morgan fingerprint density at radius 2 is 2.19 bits per heavy atom. The van der Waals surface area contributed by atoms with Crippen LogP contribution < -0.4 is 10.6 Å². The lowest BCUT2D eigenvalue weighted by atomic mass is 10.2. The summed E-state index contributed by atoms with van der Waals surface area (Å²) >= 11 is 0. The van der Waals surface area contributed by atoms with Gasteiger partial charge >= 0.3 is 0 Å². The molecule has 16 heavy (non-hydrogen) atoms. The van der Waals surface area contributed by atoms with Crippen LogP contribution in [0.3, 0.4) is 0 Å². The molecule has 0 aliphatic rings. The molecule has 1 aromatic heterocycles. The van der Waals surface area contributed by atoms with E-state index in [0.29, 0.717) is 13.0 Å². The number of hydrogen-bond acceptors (Lipinski definition) is 5. The Balaban J connectivity index is 2.60. The third-order valence-electron chi connectivity index (χ3n) is 2.24. The molecular weight excluding hydrogens is 206 g/mol. The minimum absolute atomic E-state index is 0.101. The Morgan fingerprint density at radius 1 is 1.44 bits per heavy atom. The highest BCUT2D eigenvalue weighted by molar-refractivity contribution is 5.54. The minimum atomic E-state index is 0.101. The van der Waals surface area contributed by atoms with Crippen molar-refractivity contribution in [2.75, 3.05) is 38.0 Å². The van der Waals surface area contributed by atoms with Gasteiger partial charge in [-0.25, -0.2) is 0 Å². The van der Waals surface area contributed by atoms with Crippen LogP contribution in [-0.4, -0.2) is 43.5 Å². The minimum Gasteiger partial charge on any atom is -0.396 e. The van der Waals surface area contributed by atoms with Gasteiger partial charge < -0.3 is 20.5 Å². The molecule has 0 fully saturated rings. The van der Waals surface area contributed by atoms with Crippen molar-refractivity contribution in [3.63, 3.8) is 0 Å². The largest absolute Gasteiger partial charge is 0.396 e. The zero-order chi connectivity index (χ0) is 11.8. The summed E-state index contributed by atoms with van der Waals surface area (Å²) in [5.74, 6) is 0. The molecule has 0 saturated carbocycles. The highest BCUT2D eigenvalue weighted by Gasteiger charge is 2.07. The van der Waals surface area contributed by atoms with E-state index in [-0.39, 0.29) is 12.6 Å². The molecule has 0 amide bonds. The average Bonchev–Trinajstić information content (AvgIpc) is 2.30. The van der Waals surface area contributed by atoms with Crippen LogP contribution in [-0.2, 0) is 4.74 Å². The second-order valence-corrected chi connectivity index (χ2v) is 3.52. The summed E-state index contributed by atoms with van der Waals surface area (Å²) in [7, 11) is 3.50. The smallest absolute Gasteiger partial charge is 0.0664 e. The lowest BCUT2D eigenvalue weighted by Gasteiger charge is -2.18. The highest BCUT2D eigenvalue weighted by Crippen LogP contribution is 2.14. The second-order valence-electron chi connectivity index (χ2n) is 3.52. The molecule has 3 N–H and O–H groups in total. The van der Waals surface area contributed by atoms with E-state index in [1.54, 1.807) is 19.5 Å². The van der Waals surface area contributed by atoms with Crippen molar-refractivity contribution in [2.24, 2.45) is 0 Å². The monoisotopic (exact) mass is 225 g/mol. The predicted octanol–water partition coefficient (Wildman–Crippen LogP) is 0.933. The van der Waals surface area contributed by atoms with Gasteiger partial charge in [0.05, 0.1) is 36.4 Å². The Morgan fingerprint density at radius 3 is 2.81 bits per heavy atom. The van der Waals surface area contributed by atoms with Crippen LogP contribution in [0.5, 0.6) is 0 Å². The van der Waals surface area contributed by atoms with Crippen LogP contribution in [0.4, 0.5) is 11.4 Å². The Labute approximate surface area is 95.8 Å². The summed E-state index contributed by atoms with van der Waals surface area (Å²) in [6.07, 6.45) is 4.15. The molecule has 0 aliphatic carbocycles. The van der Waals surface area contributed by atoms with Crippen molar-refractivity contribution in [1.82, 2.24) is 4.98 Å². The number of methoxy groups -OCH3 is 1. The lowest BCUT2D eigenvalue weighted by Crippen LogP contribution is -2.26. The van der Waals surface area contributed by atoms with Crippen molar-refractivity contribution in [1.29, 1.82) is 0 Å². The maximum absolute atomic E-state index is 8.92. The Bertz CT molecular complexity index is 301. The molecule has 0 radical (unpaired) electrons. The summed E-state index contributed by atoms with van der Waals surface area (Å²) in [5.41, 5.74) is 1.87. The zero-order valence-corrected chi connectivity index (χ0v) is 9.73. The molecule has 0 saturated heterocycles. The van der Waals surface area contributed by atoms with Crippen LogP contribution in [0.1, 0.15) is 6.42 Å². The van der Waals surface area contributed by atoms with Gasteiger partial charge in [0, 0.05) is 20.8 Å². The van der Waals surface area contributed by atoms with Crippen LogP contribution in [0.15, 0.2) is 18.5 Å². The van der Waals surface area contributed by atoms with Gasteiger partial charge in [-0.1, -0.05) is 0 Å². The number of hydrogen-bond donors (Lipinski definition) is 3. The third-order valence-corrected chi connectivity index (χ3v) is 2.24. The SMILES string of the molecule is CNc1cncc(NC(CCO)COC)c1. The van der Waals surface area contributed by atoms with E-state index in [0.717, 1.165) is 11.4 Å². The van der Waals surface area contributed by atoms with Gasteiger partial charge in [0.1, 0.15) is 0 Å². The topological polar surface area (TPSA) is 66.4 Å². The molecule has 1 heterocycles. The van der Waals surface area contributed by atoms with Crippen molar-refractivity contribution in [3.8, 4) is 0 Å². The van der Waals surface area contributed by atoms with Crippen molar-refractivity contribution in [3.05, 3.63) is 18.5 Å². The molecule has 0 aliphatic heterocycles. The third kappa shape index (κ3) is 4.04. The standard InChI is InChI=1S/C11H19N3O2/c1-12-10-5-11(7-13-6-10)14-9(3-4-15)8-16-2/h5-7,9,12,14-15H,3-4,8H2,1-2H3. The highest BCUT2D eigenvalue weighted by atomic mass is 16.5. The number of aliphatic hydroxyl groups is 1. The summed E-state index contributed by atoms with van der Waals surface area (Å²) in [6.45, 7) is 0.699. The van der Waals surface area contributed by atoms with Crippen LogP contribution >= 0.6 is 0 Å². The fourth-order valence-electron chi connectivity index (χ4n) is 1.45. The van der Waals surface area contributed by atoms with Gasteiger partial charge in [-0.15, -0.1) is 0 Å². The predicted molar refractivity (Wildman–Crippen MR) is 64.8 cm³/mol. The molecule has 0 aromatic carbocycles. The molecular formula is C11H19N3O2. The van der Waals surface area contributed by atoms with Gasteiger partial charge in [-0.3, -0.25) is 4.98 Å². The number of anilines is 2. The quantitative estimate of drug-likeness (QED) is 0.644. The van der Waals surface area contributed by atoms with E-state index in [2.05, 4.69) is 15.6 Å². The van der Waals surface area contributed by atoms with Gasteiger partial charge in [0.2, 0.25) is 0 Å². The Kier molecular flexibility index (Phi) is 5.60. The second kappa shape index (κ2) is 7.03. The fraction of sp³-hybridized carbons (Fsp3) is 0.545. The zero-order valence-electron chi connectivity index (χ0n) is 9.73. The van der Waals surface area contributed by atoms with Gasteiger partial charge in [0.15, 0.2) is 0 Å². The van der Waals surface area contributed by atoms with E-state index in [9.17, 15) is 0 Å². The number of aliphatic hydroxyl groups excluding tert-OH is 1. The molecule has 1 atom stereocenters. The van der Waals surface area contributed by atoms with Gasteiger partial charge in [0.25, 0.3) is 0 Å². The molecule has 90 valence electrons. The lowest BCUT2D eigenvalue weighted by molar-refractivity contribution is 0.170. The van der Waals surface area contributed by atoms with E-state index < -0.39 is 0 Å². The summed E-state index contributed by atoms with van der Waals surface area (Å²) in [4.78, 5) is 4.10. The van der Waals surface area contributed by atoms with Crippen molar-refractivity contribution in [2.45, 2.75) is 12.5 Å². The first kappa shape index (κ1) is 12.7. The molecule has 1 rings (SSSR count). The van der Waals surface area contributed by atoms with E-state index in [1.807, 2.05) is 13.1 Å². The van der Waals surface area contributed by atoms with E-state index >= 15 is 0 Å². The van der Waals surface area contributed by atoms with Crippen molar-refractivity contribution >= 4 is 11.4 Å². The van der Waals surface area contributed by atoms with E-state index in [1.165, 1.54) is 0 Å². The maximum Gasteiger partial charge on any atom is 0.0664 e. The van der Waals surface area contributed by atoms with Crippen LogP contribution in [0.2, 0.25) is 0 Å². The molecule has 5 heteroatoms. The number of nitrogens with one attached hydrogen (secondary N) is 2. The van der Waals surface area contributed by atoms with Crippen LogP contribution in [0.25, 0.3) is 0 Å². The summed E-state index contributed by atoms with van der Waals surface area (Å²) in [6, 6.07) is 2.07. The fourth-order valence-corrected chi connectivity index (χ4v) is 1.45. The average molecular weight is 225 g/mol. The molecule has 1 aromatic rings. The first-order valence-electron chi connectivity index (χ1n) is 5.29. The van der Waals surface area contributed by atoms with Gasteiger partial charge in [-0.2, -0.15) is 0 Å². The number of ether oxygens (including phenoxy) is 1. The normalized spacial score (nSPS) is 12.2. The van der Waals surface area contributed by atoms with Gasteiger partial charge in [-0.05, 0) is 12.5 Å². The van der Waals surface area contributed by atoms with Crippen LogP contribution in [0, 0.1) is 0 Å². The first-order valence-corrected chi connectivity index (χ1v) is 5.29. The molecule has 1 unspecified atom stereocenters. The maximum atomic E-state index is 8.92. The number of nitrogens with zero attached hydrogens (tertiary/aromatic N) is 1. The molecule has 5 nitrogen and oxygen atoms in total. The number of pyridine rings is 1.